The molecule has 2 fully saturated rings. The van der Waals surface area contributed by atoms with Gasteiger partial charge in [0, 0.05) is 30.8 Å². The second-order valence-corrected chi connectivity index (χ2v) is 10.1. The second-order valence-electron chi connectivity index (χ2n) is 10.1. The number of alkyl halides is 1. The highest BCUT2D eigenvalue weighted by molar-refractivity contribution is 6.09. The standard InChI is InChI=1S/C27H31F2N5O4/c1-14-23(27(36)34-20-7-6-17(10-19(20)29)33-22(35)12-37-2)25-26(32-14)24(30-13-31-25)18-9-16(28)5-8-21(18)38-11-15-3-4-15/h5,8-9,13,15,17,19-20,32H,3-4,6-7,10-12H2,1-2H3,(H,33,35)(H,34,36). The molecule has 38 heavy (non-hydrogen) atoms. The molecule has 0 aliphatic heterocycles. The van der Waals surface area contributed by atoms with Crippen LogP contribution >= 0.6 is 0 Å². The van der Waals surface area contributed by atoms with Crippen LogP contribution in [0.5, 0.6) is 5.75 Å². The molecule has 9 nitrogen and oxygen atoms in total. The fourth-order valence-corrected chi connectivity index (χ4v) is 4.96. The number of carbonyl (C=O) groups excluding carboxylic acids is 2. The molecule has 3 unspecified atom stereocenters. The van der Waals surface area contributed by atoms with Gasteiger partial charge in [-0.15, -0.1) is 0 Å². The summed E-state index contributed by atoms with van der Waals surface area (Å²) in [6, 6.07) is 3.27. The molecule has 0 radical (unpaired) electrons. The number of aryl methyl sites for hydroxylation is 1. The van der Waals surface area contributed by atoms with Crippen LogP contribution in [-0.2, 0) is 9.53 Å². The van der Waals surface area contributed by atoms with Crippen molar-refractivity contribution in [3.8, 4) is 17.0 Å². The largest absolute Gasteiger partial charge is 0.493 e. The van der Waals surface area contributed by atoms with Crippen LogP contribution in [0.2, 0.25) is 0 Å². The van der Waals surface area contributed by atoms with E-state index in [9.17, 15) is 18.4 Å². The molecule has 5 rings (SSSR count). The molecule has 0 saturated heterocycles. The number of ether oxygens (including phenoxy) is 2. The first kappa shape index (κ1) is 26.0. The number of nitrogens with one attached hydrogen (secondary N) is 3. The Morgan fingerprint density at radius 3 is 2.71 bits per heavy atom. The van der Waals surface area contributed by atoms with E-state index in [0.29, 0.717) is 59.1 Å². The fraction of sp³-hybridized carbons (Fsp3) is 0.481. The zero-order valence-corrected chi connectivity index (χ0v) is 21.4. The van der Waals surface area contributed by atoms with Crippen molar-refractivity contribution < 1.29 is 27.8 Å². The molecule has 2 aliphatic rings. The predicted molar refractivity (Wildman–Crippen MR) is 136 cm³/mol. The normalized spacial score (nSPS) is 21.3. The number of methoxy groups -OCH3 is 1. The number of rotatable bonds is 9. The molecule has 3 atom stereocenters. The van der Waals surface area contributed by atoms with Crippen LogP contribution in [0, 0.1) is 18.7 Å². The maximum atomic E-state index is 15.0. The maximum absolute atomic E-state index is 15.0. The van der Waals surface area contributed by atoms with Crippen molar-refractivity contribution >= 4 is 22.8 Å². The Balaban J connectivity index is 1.36. The van der Waals surface area contributed by atoms with Crippen molar-refractivity contribution in [2.45, 2.75) is 57.3 Å². The van der Waals surface area contributed by atoms with E-state index in [4.69, 9.17) is 9.47 Å². The molecule has 3 aromatic rings. The molecule has 202 valence electrons. The number of fused-ring (bicyclic) bond motifs is 1. The van der Waals surface area contributed by atoms with Gasteiger partial charge in [0.15, 0.2) is 0 Å². The number of nitrogens with zero attached hydrogens (tertiary/aromatic N) is 2. The predicted octanol–water partition coefficient (Wildman–Crippen LogP) is 3.61. The Morgan fingerprint density at radius 1 is 1.16 bits per heavy atom. The van der Waals surface area contributed by atoms with Gasteiger partial charge in [0.05, 0.1) is 23.7 Å². The molecule has 1 aromatic carbocycles. The average Bonchev–Trinajstić information content (AvgIpc) is 3.64. The van der Waals surface area contributed by atoms with E-state index in [1.165, 1.54) is 25.6 Å². The summed E-state index contributed by atoms with van der Waals surface area (Å²) in [6.45, 7) is 2.19. The van der Waals surface area contributed by atoms with E-state index in [2.05, 4.69) is 25.6 Å². The molecular weight excluding hydrogens is 496 g/mol. The Kier molecular flexibility index (Phi) is 7.55. The van der Waals surface area contributed by atoms with E-state index >= 15 is 0 Å². The number of carbonyl (C=O) groups is 2. The minimum Gasteiger partial charge on any atom is -0.493 e. The lowest BCUT2D eigenvalue weighted by atomic mass is 9.89. The number of hydrogen-bond acceptors (Lipinski definition) is 6. The maximum Gasteiger partial charge on any atom is 0.255 e. The third-order valence-electron chi connectivity index (χ3n) is 7.10. The minimum absolute atomic E-state index is 0.0823. The molecule has 3 N–H and O–H groups in total. The highest BCUT2D eigenvalue weighted by Gasteiger charge is 2.33. The summed E-state index contributed by atoms with van der Waals surface area (Å²) in [6.07, 6.45) is 3.24. The first-order valence-corrected chi connectivity index (χ1v) is 12.8. The average molecular weight is 528 g/mol. The summed E-state index contributed by atoms with van der Waals surface area (Å²) in [7, 11) is 1.42. The fourth-order valence-electron chi connectivity index (χ4n) is 4.96. The summed E-state index contributed by atoms with van der Waals surface area (Å²) >= 11 is 0. The third kappa shape index (κ3) is 5.62. The Labute approximate surface area is 218 Å². The Bertz CT molecular complexity index is 1340. The van der Waals surface area contributed by atoms with Crippen molar-refractivity contribution in [1.29, 1.82) is 0 Å². The van der Waals surface area contributed by atoms with Crippen molar-refractivity contribution in [2.75, 3.05) is 20.3 Å². The van der Waals surface area contributed by atoms with E-state index < -0.39 is 23.9 Å². The van der Waals surface area contributed by atoms with Crippen LogP contribution < -0.4 is 15.4 Å². The summed E-state index contributed by atoms with van der Waals surface area (Å²) in [5.74, 6) is -0.174. The number of aromatic nitrogens is 3. The summed E-state index contributed by atoms with van der Waals surface area (Å²) in [5.41, 5.74) is 2.52. The van der Waals surface area contributed by atoms with Gasteiger partial charge in [0.2, 0.25) is 5.91 Å². The van der Waals surface area contributed by atoms with Gasteiger partial charge in [-0.3, -0.25) is 9.59 Å². The van der Waals surface area contributed by atoms with Gasteiger partial charge in [-0.05, 0) is 56.7 Å². The zero-order valence-electron chi connectivity index (χ0n) is 21.4. The quantitative estimate of drug-likeness (QED) is 0.391. The molecular formula is C27H31F2N5O4. The van der Waals surface area contributed by atoms with E-state index in [-0.39, 0.29) is 30.5 Å². The Hall–Kier alpha value is -3.60. The second kappa shape index (κ2) is 11.0. The van der Waals surface area contributed by atoms with E-state index in [1.54, 1.807) is 13.0 Å². The van der Waals surface area contributed by atoms with Gasteiger partial charge < -0.3 is 25.1 Å². The van der Waals surface area contributed by atoms with E-state index in [0.717, 1.165) is 12.8 Å². The van der Waals surface area contributed by atoms with Crippen LogP contribution in [-0.4, -0.2) is 65.3 Å². The number of benzene rings is 1. The minimum atomic E-state index is -1.32. The van der Waals surface area contributed by atoms with Gasteiger partial charge in [-0.25, -0.2) is 18.7 Å². The van der Waals surface area contributed by atoms with Crippen molar-refractivity contribution in [2.24, 2.45) is 5.92 Å². The molecule has 0 bridgehead atoms. The number of halogens is 2. The first-order chi connectivity index (χ1) is 18.3. The lowest BCUT2D eigenvalue weighted by Crippen LogP contribution is -2.50. The van der Waals surface area contributed by atoms with Gasteiger partial charge >= 0.3 is 0 Å². The van der Waals surface area contributed by atoms with Crippen LogP contribution in [0.1, 0.15) is 48.2 Å². The highest BCUT2D eigenvalue weighted by atomic mass is 19.1. The SMILES string of the molecule is COCC(=O)NC1CCC(NC(=O)c2c(C)[nH]c3c(-c4cc(F)ccc4OCC4CC4)ncnc23)C(F)C1. The van der Waals surface area contributed by atoms with Crippen LogP contribution in [0.3, 0.4) is 0 Å². The topological polar surface area (TPSA) is 118 Å². The Morgan fingerprint density at radius 2 is 1.97 bits per heavy atom. The van der Waals surface area contributed by atoms with Crippen molar-refractivity contribution in [1.82, 2.24) is 25.6 Å². The highest BCUT2D eigenvalue weighted by Crippen LogP contribution is 2.37. The lowest BCUT2D eigenvalue weighted by molar-refractivity contribution is -0.125. The third-order valence-corrected chi connectivity index (χ3v) is 7.10. The summed E-state index contributed by atoms with van der Waals surface area (Å²) < 4.78 is 40.0. The number of hydrogen-bond donors (Lipinski definition) is 3. The van der Waals surface area contributed by atoms with Gasteiger partial charge in [0.1, 0.15) is 41.9 Å². The van der Waals surface area contributed by atoms with Crippen LogP contribution in [0.25, 0.3) is 22.3 Å². The molecule has 2 heterocycles. The number of amides is 2. The smallest absolute Gasteiger partial charge is 0.255 e. The molecule has 0 spiro atoms. The van der Waals surface area contributed by atoms with Gasteiger partial charge in [-0.1, -0.05) is 0 Å². The molecule has 2 aromatic heterocycles. The summed E-state index contributed by atoms with van der Waals surface area (Å²) in [5, 5.41) is 5.56. The lowest BCUT2D eigenvalue weighted by Gasteiger charge is -2.32. The number of H-pyrrole nitrogens is 1. The summed E-state index contributed by atoms with van der Waals surface area (Å²) in [4.78, 5) is 37.0. The van der Waals surface area contributed by atoms with Gasteiger partial charge in [-0.2, -0.15) is 0 Å². The van der Waals surface area contributed by atoms with Crippen molar-refractivity contribution in [3.05, 3.63) is 41.6 Å². The van der Waals surface area contributed by atoms with Gasteiger partial charge in [0.25, 0.3) is 5.91 Å². The van der Waals surface area contributed by atoms with E-state index in [1.807, 2.05) is 0 Å². The number of aromatic amines is 1. The van der Waals surface area contributed by atoms with Crippen LogP contribution in [0.15, 0.2) is 24.5 Å². The molecule has 11 heteroatoms. The zero-order chi connectivity index (χ0) is 26.8. The molecule has 2 aliphatic carbocycles. The van der Waals surface area contributed by atoms with Crippen LogP contribution in [0.4, 0.5) is 8.78 Å². The molecule has 2 saturated carbocycles. The van der Waals surface area contributed by atoms with Crippen molar-refractivity contribution in [3.63, 3.8) is 0 Å². The first-order valence-electron chi connectivity index (χ1n) is 12.8. The molecule has 2 amide bonds. The monoisotopic (exact) mass is 527 g/mol.